The van der Waals surface area contributed by atoms with Gasteiger partial charge in [0.25, 0.3) is 5.56 Å². The van der Waals surface area contributed by atoms with E-state index in [1.807, 2.05) is 34.6 Å². The van der Waals surface area contributed by atoms with Crippen LogP contribution in [0.2, 0.25) is 0 Å². The maximum atomic E-state index is 12.8. The summed E-state index contributed by atoms with van der Waals surface area (Å²) in [5.41, 5.74) is 2.35. The molecule has 0 aliphatic carbocycles. The molecule has 0 radical (unpaired) electrons. The van der Waals surface area contributed by atoms with Crippen LogP contribution < -0.4 is 20.9 Å². The minimum atomic E-state index is -0.666. The minimum absolute atomic E-state index is 0.0859. The molecule has 0 fully saturated rings. The molecule has 2 amide bonds. The van der Waals surface area contributed by atoms with Gasteiger partial charge in [0.15, 0.2) is 0 Å². The number of carbonyl (C=O) groups excluding carboxylic acids is 2. The molecule has 0 bridgehead atoms. The highest BCUT2D eigenvalue weighted by Gasteiger charge is 2.23. The van der Waals surface area contributed by atoms with Crippen LogP contribution in [0.25, 0.3) is 11.4 Å². The molecule has 2 aromatic rings. The quantitative estimate of drug-likeness (QED) is 0.522. The van der Waals surface area contributed by atoms with E-state index in [0.717, 1.165) is 12.1 Å². The Labute approximate surface area is 189 Å². The summed E-state index contributed by atoms with van der Waals surface area (Å²) in [4.78, 5) is 44.5. The SMILES string of the molecule is CCCOc1ccc(NC(=O)C(NC(C)=O)C(C)C)cc1-c1nc(CC)c(CC)c(=O)[nH]1. The molecule has 8 heteroatoms. The van der Waals surface area contributed by atoms with Gasteiger partial charge >= 0.3 is 0 Å². The lowest BCUT2D eigenvalue weighted by Gasteiger charge is -2.21. The topological polar surface area (TPSA) is 113 Å². The molecule has 8 nitrogen and oxygen atoms in total. The molecule has 0 aliphatic heterocycles. The zero-order valence-electron chi connectivity index (χ0n) is 19.8. The molecule has 1 heterocycles. The van der Waals surface area contributed by atoms with Gasteiger partial charge in [0, 0.05) is 18.2 Å². The average Bonchev–Trinajstić information content (AvgIpc) is 2.75. The van der Waals surface area contributed by atoms with Gasteiger partial charge in [-0.1, -0.05) is 34.6 Å². The Kier molecular flexibility index (Phi) is 8.99. The number of nitrogens with one attached hydrogen (secondary N) is 3. The van der Waals surface area contributed by atoms with Crippen LogP contribution in [0.4, 0.5) is 5.69 Å². The molecular formula is C24H34N4O4. The Morgan fingerprint density at radius 2 is 1.88 bits per heavy atom. The van der Waals surface area contributed by atoms with Crippen LogP contribution in [-0.4, -0.2) is 34.4 Å². The second kappa shape index (κ2) is 11.5. The van der Waals surface area contributed by atoms with Crippen LogP contribution in [0.15, 0.2) is 23.0 Å². The van der Waals surface area contributed by atoms with Crippen LogP contribution in [0.5, 0.6) is 5.75 Å². The summed E-state index contributed by atoms with van der Waals surface area (Å²) >= 11 is 0. The molecule has 174 valence electrons. The van der Waals surface area contributed by atoms with Crippen LogP contribution >= 0.6 is 0 Å². The second-order valence-corrected chi connectivity index (χ2v) is 8.02. The van der Waals surface area contributed by atoms with E-state index in [4.69, 9.17) is 4.74 Å². The first-order valence-electron chi connectivity index (χ1n) is 11.2. The van der Waals surface area contributed by atoms with Gasteiger partial charge in [-0.15, -0.1) is 0 Å². The van der Waals surface area contributed by atoms with Gasteiger partial charge in [-0.3, -0.25) is 14.4 Å². The number of benzene rings is 1. The van der Waals surface area contributed by atoms with E-state index < -0.39 is 6.04 Å². The lowest BCUT2D eigenvalue weighted by atomic mass is 10.0. The van der Waals surface area contributed by atoms with E-state index in [2.05, 4.69) is 20.6 Å². The fraction of sp³-hybridized carbons (Fsp3) is 0.500. The highest BCUT2D eigenvalue weighted by atomic mass is 16.5. The summed E-state index contributed by atoms with van der Waals surface area (Å²) in [7, 11) is 0. The number of H-pyrrole nitrogens is 1. The van der Waals surface area contributed by atoms with Crippen molar-refractivity contribution in [2.75, 3.05) is 11.9 Å². The van der Waals surface area contributed by atoms with Crippen LogP contribution in [0.1, 0.15) is 59.2 Å². The number of aryl methyl sites for hydroxylation is 1. The number of hydrogen-bond donors (Lipinski definition) is 3. The maximum absolute atomic E-state index is 12.8. The molecule has 0 aliphatic rings. The standard InChI is InChI=1S/C24H34N4O4/c1-7-12-32-20-11-10-16(26-24(31)21(14(4)5)25-15(6)29)13-18(20)22-27-19(9-3)17(8-2)23(30)28-22/h10-11,13-14,21H,7-9,12H2,1-6H3,(H,25,29)(H,26,31)(H,27,28,30). The average molecular weight is 443 g/mol. The van der Waals surface area contributed by atoms with Crippen molar-refractivity contribution in [1.29, 1.82) is 0 Å². The molecule has 2 rings (SSSR count). The number of amides is 2. The minimum Gasteiger partial charge on any atom is -0.493 e. The zero-order valence-corrected chi connectivity index (χ0v) is 19.8. The van der Waals surface area contributed by atoms with E-state index in [9.17, 15) is 14.4 Å². The van der Waals surface area contributed by atoms with Crippen molar-refractivity contribution in [1.82, 2.24) is 15.3 Å². The Bertz CT molecular complexity index is 1010. The molecule has 0 saturated heterocycles. The number of aromatic amines is 1. The molecule has 0 saturated carbocycles. The van der Waals surface area contributed by atoms with Crippen molar-refractivity contribution in [3.05, 3.63) is 39.8 Å². The summed E-state index contributed by atoms with van der Waals surface area (Å²) in [6.45, 7) is 11.5. The fourth-order valence-corrected chi connectivity index (χ4v) is 3.43. The van der Waals surface area contributed by atoms with Crippen LogP contribution in [-0.2, 0) is 22.4 Å². The van der Waals surface area contributed by atoms with Crippen molar-refractivity contribution >= 4 is 17.5 Å². The number of hydrogen-bond acceptors (Lipinski definition) is 5. The van der Waals surface area contributed by atoms with Gasteiger partial charge in [-0.05, 0) is 43.4 Å². The third-order valence-electron chi connectivity index (χ3n) is 5.06. The second-order valence-electron chi connectivity index (χ2n) is 8.02. The number of carbonyl (C=O) groups is 2. The molecule has 1 aromatic heterocycles. The highest BCUT2D eigenvalue weighted by Crippen LogP contribution is 2.31. The van der Waals surface area contributed by atoms with Gasteiger partial charge in [0.1, 0.15) is 17.6 Å². The van der Waals surface area contributed by atoms with Crippen molar-refractivity contribution in [3.8, 4) is 17.1 Å². The third kappa shape index (κ3) is 6.18. The molecule has 0 spiro atoms. The summed E-state index contributed by atoms with van der Waals surface area (Å²) in [6, 6.07) is 4.55. The fourth-order valence-electron chi connectivity index (χ4n) is 3.43. The van der Waals surface area contributed by atoms with E-state index in [1.165, 1.54) is 6.92 Å². The van der Waals surface area contributed by atoms with E-state index in [1.54, 1.807) is 18.2 Å². The monoisotopic (exact) mass is 442 g/mol. The van der Waals surface area contributed by atoms with Crippen molar-refractivity contribution in [2.24, 2.45) is 5.92 Å². The van der Waals surface area contributed by atoms with Gasteiger partial charge in [0.05, 0.1) is 17.9 Å². The van der Waals surface area contributed by atoms with Crippen molar-refractivity contribution in [2.45, 2.75) is 66.8 Å². The maximum Gasteiger partial charge on any atom is 0.254 e. The Morgan fingerprint density at radius 3 is 2.44 bits per heavy atom. The molecule has 32 heavy (non-hydrogen) atoms. The predicted molar refractivity (Wildman–Crippen MR) is 126 cm³/mol. The molecule has 3 N–H and O–H groups in total. The van der Waals surface area contributed by atoms with E-state index >= 15 is 0 Å². The Hall–Kier alpha value is -3.16. The summed E-state index contributed by atoms with van der Waals surface area (Å²) < 4.78 is 5.88. The Balaban J connectivity index is 2.49. The van der Waals surface area contributed by atoms with E-state index in [0.29, 0.717) is 47.8 Å². The zero-order chi connectivity index (χ0) is 23.8. The van der Waals surface area contributed by atoms with E-state index in [-0.39, 0.29) is 23.3 Å². The number of ether oxygens (including phenoxy) is 1. The van der Waals surface area contributed by atoms with Gasteiger partial charge < -0.3 is 20.4 Å². The number of aromatic nitrogens is 2. The Morgan fingerprint density at radius 1 is 1.16 bits per heavy atom. The van der Waals surface area contributed by atoms with Crippen LogP contribution in [0.3, 0.4) is 0 Å². The van der Waals surface area contributed by atoms with Crippen LogP contribution in [0, 0.1) is 5.92 Å². The first-order chi connectivity index (χ1) is 15.2. The van der Waals surface area contributed by atoms with Crippen molar-refractivity contribution in [3.63, 3.8) is 0 Å². The number of nitrogens with zero attached hydrogens (tertiary/aromatic N) is 1. The predicted octanol–water partition coefficient (Wildman–Crippen LogP) is 3.45. The molecule has 1 atom stereocenters. The molecule has 1 unspecified atom stereocenters. The smallest absolute Gasteiger partial charge is 0.254 e. The first kappa shape index (κ1) is 25.1. The third-order valence-corrected chi connectivity index (χ3v) is 5.06. The summed E-state index contributed by atoms with van der Waals surface area (Å²) in [5.74, 6) is 0.292. The summed E-state index contributed by atoms with van der Waals surface area (Å²) in [6.07, 6.45) is 2.05. The molecular weight excluding hydrogens is 408 g/mol. The number of rotatable bonds is 10. The number of anilines is 1. The van der Waals surface area contributed by atoms with Gasteiger partial charge in [-0.2, -0.15) is 0 Å². The van der Waals surface area contributed by atoms with Gasteiger partial charge in [-0.25, -0.2) is 4.98 Å². The van der Waals surface area contributed by atoms with Crippen molar-refractivity contribution < 1.29 is 14.3 Å². The lowest BCUT2D eigenvalue weighted by molar-refractivity contribution is -0.126. The first-order valence-corrected chi connectivity index (χ1v) is 11.2. The highest BCUT2D eigenvalue weighted by molar-refractivity contribution is 5.97. The molecule has 1 aromatic carbocycles. The normalized spacial score (nSPS) is 11.8. The summed E-state index contributed by atoms with van der Waals surface area (Å²) in [5, 5.41) is 5.54. The largest absolute Gasteiger partial charge is 0.493 e. The lowest BCUT2D eigenvalue weighted by Crippen LogP contribution is -2.46. The van der Waals surface area contributed by atoms with Gasteiger partial charge in [0.2, 0.25) is 11.8 Å².